The molecule has 1 heterocycles. The molecule has 0 bridgehead atoms. The molecule has 0 aliphatic rings. The van der Waals surface area contributed by atoms with Gasteiger partial charge in [0.05, 0.1) is 17.7 Å². The van der Waals surface area contributed by atoms with Gasteiger partial charge in [-0.1, -0.05) is 6.07 Å². The molecular formula is C20H19FN4O4S. The number of halogens is 1. The Morgan fingerprint density at radius 1 is 1.13 bits per heavy atom. The maximum Gasteiger partial charge on any atom is 0.319 e. The third-order valence-corrected chi connectivity index (χ3v) is 5.39. The number of nitrogens with zero attached hydrogens (tertiary/aromatic N) is 1. The number of benzene rings is 2. The van der Waals surface area contributed by atoms with E-state index in [0.29, 0.717) is 12.2 Å². The monoisotopic (exact) mass is 430 g/mol. The van der Waals surface area contributed by atoms with Crippen LogP contribution in [0.2, 0.25) is 0 Å². The van der Waals surface area contributed by atoms with E-state index in [2.05, 4.69) is 20.3 Å². The van der Waals surface area contributed by atoms with Gasteiger partial charge in [0.2, 0.25) is 0 Å². The van der Waals surface area contributed by atoms with Crippen molar-refractivity contribution in [3.05, 3.63) is 78.4 Å². The first-order valence-corrected chi connectivity index (χ1v) is 10.3. The van der Waals surface area contributed by atoms with Crippen LogP contribution in [0.15, 0.2) is 71.9 Å². The van der Waals surface area contributed by atoms with Crippen molar-refractivity contribution in [3.63, 3.8) is 0 Å². The first kappa shape index (κ1) is 21.1. The van der Waals surface area contributed by atoms with Crippen molar-refractivity contribution in [1.82, 2.24) is 10.3 Å². The number of amides is 2. The molecule has 2 amide bonds. The average Bonchev–Trinajstić information content (AvgIpc) is 2.74. The van der Waals surface area contributed by atoms with E-state index >= 15 is 0 Å². The minimum Gasteiger partial charge on any atom is -0.494 e. The number of sulfonamides is 1. The summed E-state index contributed by atoms with van der Waals surface area (Å²) in [6.07, 6.45) is 3.28. The van der Waals surface area contributed by atoms with Gasteiger partial charge in [0.15, 0.2) is 0 Å². The molecule has 156 valence electrons. The van der Waals surface area contributed by atoms with Crippen LogP contribution in [0.5, 0.6) is 5.75 Å². The van der Waals surface area contributed by atoms with Gasteiger partial charge in [-0.25, -0.2) is 17.6 Å². The van der Waals surface area contributed by atoms with Gasteiger partial charge in [0.1, 0.15) is 11.6 Å². The number of carbonyl (C=O) groups is 1. The molecule has 10 heteroatoms. The summed E-state index contributed by atoms with van der Waals surface area (Å²) in [5.41, 5.74) is 1.37. The topological polar surface area (TPSA) is 109 Å². The number of carbonyl (C=O) groups excluding carboxylic acids is 1. The van der Waals surface area contributed by atoms with Gasteiger partial charge in [-0.05, 0) is 48.0 Å². The normalized spacial score (nSPS) is 10.9. The molecule has 0 saturated carbocycles. The number of anilines is 2. The predicted octanol–water partition coefficient (Wildman–Crippen LogP) is 3.35. The highest BCUT2D eigenvalue weighted by Gasteiger charge is 2.17. The van der Waals surface area contributed by atoms with Crippen LogP contribution in [-0.2, 0) is 16.6 Å². The SMILES string of the molecule is COc1cc(F)ccc1NS(=O)(=O)c1ccc(NC(=O)NCc2cccnc2)cc1. The molecule has 2 aromatic carbocycles. The van der Waals surface area contributed by atoms with Gasteiger partial charge >= 0.3 is 6.03 Å². The van der Waals surface area contributed by atoms with Crippen LogP contribution in [0.25, 0.3) is 0 Å². The Morgan fingerprint density at radius 3 is 2.57 bits per heavy atom. The fourth-order valence-corrected chi connectivity index (χ4v) is 3.60. The largest absolute Gasteiger partial charge is 0.494 e. The lowest BCUT2D eigenvalue weighted by Gasteiger charge is -2.12. The smallest absolute Gasteiger partial charge is 0.319 e. The average molecular weight is 430 g/mol. The number of hydrogen-bond donors (Lipinski definition) is 3. The van der Waals surface area contributed by atoms with E-state index in [0.717, 1.165) is 17.7 Å². The molecule has 0 aliphatic carbocycles. The van der Waals surface area contributed by atoms with Crippen LogP contribution in [0.3, 0.4) is 0 Å². The maximum absolute atomic E-state index is 13.3. The van der Waals surface area contributed by atoms with Crippen molar-refractivity contribution in [1.29, 1.82) is 0 Å². The first-order valence-electron chi connectivity index (χ1n) is 8.77. The summed E-state index contributed by atoms with van der Waals surface area (Å²) in [6.45, 7) is 0.301. The summed E-state index contributed by atoms with van der Waals surface area (Å²) in [5.74, 6) is -0.492. The lowest BCUT2D eigenvalue weighted by molar-refractivity contribution is 0.251. The minimum absolute atomic E-state index is 0.0322. The second kappa shape index (κ2) is 9.23. The summed E-state index contributed by atoms with van der Waals surface area (Å²) in [4.78, 5) is 15.9. The van der Waals surface area contributed by atoms with Gasteiger partial charge in [0, 0.05) is 30.7 Å². The summed E-state index contributed by atoms with van der Waals surface area (Å²) in [6, 6.07) is 12.2. The molecule has 0 saturated heterocycles. The van der Waals surface area contributed by atoms with Crippen LogP contribution in [-0.4, -0.2) is 26.5 Å². The van der Waals surface area contributed by atoms with Gasteiger partial charge < -0.3 is 15.4 Å². The number of rotatable bonds is 7. The fraction of sp³-hybridized carbons (Fsp3) is 0.100. The van der Waals surface area contributed by atoms with Crippen LogP contribution >= 0.6 is 0 Å². The van der Waals surface area contributed by atoms with E-state index in [1.165, 1.54) is 37.4 Å². The minimum atomic E-state index is -3.94. The number of methoxy groups -OCH3 is 1. The number of aromatic nitrogens is 1. The second-order valence-corrected chi connectivity index (χ2v) is 7.83. The Kier molecular flexibility index (Phi) is 6.48. The Labute approximate surface area is 173 Å². The van der Waals surface area contributed by atoms with Gasteiger partial charge in [0.25, 0.3) is 10.0 Å². The highest BCUT2D eigenvalue weighted by molar-refractivity contribution is 7.92. The van der Waals surface area contributed by atoms with Crippen LogP contribution < -0.4 is 20.1 Å². The Balaban J connectivity index is 1.63. The maximum atomic E-state index is 13.3. The number of ether oxygens (including phenoxy) is 1. The molecule has 0 radical (unpaired) electrons. The molecule has 8 nitrogen and oxygen atoms in total. The first-order chi connectivity index (χ1) is 14.4. The molecular weight excluding hydrogens is 411 g/mol. The molecule has 30 heavy (non-hydrogen) atoms. The van der Waals surface area contributed by atoms with Crippen molar-refractivity contribution >= 4 is 27.4 Å². The number of hydrogen-bond acceptors (Lipinski definition) is 5. The Hall–Kier alpha value is -3.66. The van der Waals surface area contributed by atoms with E-state index < -0.39 is 21.9 Å². The van der Waals surface area contributed by atoms with Crippen LogP contribution in [0, 0.1) is 5.82 Å². The zero-order valence-corrected chi connectivity index (χ0v) is 16.7. The van der Waals surface area contributed by atoms with E-state index in [1.807, 2.05) is 6.07 Å². The summed E-state index contributed by atoms with van der Waals surface area (Å²) in [5, 5.41) is 5.29. The van der Waals surface area contributed by atoms with Crippen LogP contribution in [0.1, 0.15) is 5.56 Å². The Morgan fingerprint density at radius 2 is 1.90 bits per heavy atom. The molecule has 0 atom stereocenters. The summed E-state index contributed by atoms with van der Waals surface area (Å²) < 4.78 is 45.8. The van der Waals surface area contributed by atoms with Crippen molar-refractivity contribution in [2.75, 3.05) is 17.1 Å². The van der Waals surface area contributed by atoms with E-state index in [4.69, 9.17) is 4.74 Å². The molecule has 3 aromatic rings. The van der Waals surface area contributed by atoms with E-state index in [1.54, 1.807) is 18.5 Å². The summed E-state index contributed by atoms with van der Waals surface area (Å²) >= 11 is 0. The molecule has 0 spiro atoms. The zero-order chi connectivity index (χ0) is 21.6. The van der Waals surface area contributed by atoms with Gasteiger partial charge in [-0.15, -0.1) is 0 Å². The lowest BCUT2D eigenvalue weighted by atomic mass is 10.3. The van der Waals surface area contributed by atoms with Crippen molar-refractivity contribution < 1.29 is 22.3 Å². The standard InChI is InChI=1S/C20H19FN4O4S/c1-29-19-11-15(21)4-9-18(19)25-30(27,28)17-7-5-16(6-8-17)24-20(26)23-13-14-3-2-10-22-12-14/h2-12,25H,13H2,1H3,(H2,23,24,26). The van der Waals surface area contributed by atoms with E-state index in [9.17, 15) is 17.6 Å². The van der Waals surface area contributed by atoms with Crippen molar-refractivity contribution in [2.24, 2.45) is 0 Å². The second-order valence-electron chi connectivity index (χ2n) is 6.14. The molecule has 3 N–H and O–H groups in total. The number of pyridine rings is 1. The Bertz CT molecular complexity index is 1120. The summed E-state index contributed by atoms with van der Waals surface area (Å²) in [7, 11) is -2.63. The zero-order valence-electron chi connectivity index (χ0n) is 15.9. The molecule has 0 fully saturated rings. The molecule has 0 unspecified atom stereocenters. The number of urea groups is 1. The van der Waals surface area contributed by atoms with Gasteiger partial charge in [-0.3, -0.25) is 9.71 Å². The van der Waals surface area contributed by atoms with E-state index in [-0.39, 0.29) is 16.3 Å². The predicted molar refractivity (Wildman–Crippen MR) is 110 cm³/mol. The van der Waals surface area contributed by atoms with Crippen molar-refractivity contribution in [2.45, 2.75) is 11.4 Å². The highest BCUT2D eigenvalue weighted by atomic mass is 32.2. The number of nitrogens with one attached hydrogen (secondary N) is 3. The van der Waals surface area contributed by atoms with Crippen LogP contribution in [0.4, 0.5) is 20.6 Å². The highest BCUT2D eigenvalue weighted by Crippen LogP contribution is 2.27. The molecule has 3 rings (SSSR count). The third kappa shape index (κ3) is 5.45. The van der Waals surface area contributed by atoms with Crippen molar-refractivity contribution in [3.8, 4) is 5.75 Å². The third-order valence-electron chi connectivity index (χ3n) is 4.01. The quantitative estimate of drug-likeness (QED) is 0.533. The van der Waals surface area contributed by atoms with Gasteiger partial charge in [-0.2, -0.15) is 0 Å². The fourth-order valence-electron chi connectivity index (χ4n) is 2.53. The molecule has 1 aromatic heterocycles. The lowest BCUT2D eigenvalue weighted by Crippen LogP contribution is -2.28. The molecule has 0 aliphatic heterocycles.